The van der Waals surface area contributed by atoms with Crippen LogP contribution in [0.2, 0.25) is 0 Å². The molecule has 21 heavy (non-hydrogen) atoms. The molecule has 0 heterocycles. The Kier molecular flexibility index (Phi) is 5.27. The molecule has 4 bridgehead atoms. The van der Waals surface area contributed by atoms with Gasteiger partial charge in [0.1, 0.15) is 0 Å². The second kappa shape index (κ2) is 7.00. The Morgan fingerprint density at radius 2 is 1.62 bits per heavy atom. The van der Waals surface area contributed by atoms with Crippen LogP contribution in [-0.2, 0) is 4.74 Å². The van der Waals surface area contributed by atoms with Crippen molar-refractivity contribution >= 4 is 0 Å². The number of hydrogen-bond acceptors (Lipinski definition) is 2. The Bertz CT molecular complexity index is 292. The van der Waals surface area contributed by atoms with Gasteiger partial charge in [-0.1, -0.05) is 13.8 Å². The number of nitrogens with one attached hydrogen (secondary N) is 1. The molecule has 0 aromatic rings. The molecule has 0 aromatic heterocycles. The fourth-order valence-corrected chi connectivity index (χ4v) is 5.97. The summed E-state index contributed by atoms with van der Waals surface area (Å²) in [5.74, 6) is 3.21. The minimum atomic E-state index is 0.591. The van der Waals surface area contributed by atoms with Crippen molar-refractivity contribution in [2.75, 3.05) is 19.8 Å². The zero-order valence-corrected chi connectivity index (χ0v) is 14.2. The molecule has 4 saturated carbocycles. The fraction of sp³-hybridized carbons (Fsp3) is 1.00. The molecular formula is C19H35NO. The maximum absolute atomic E-state index is 5.89. The summed E-state index contributed by atoms with van der Waals surface area (Å²) in [6, 6.07) is 0.591. The highest BCUT2D eigenvalue weighted by atomic mass is 16.5. The molecule has 4 fully saturated rings. The summed E-state index contributed by atoms with van der Waals surface area (Å²) in [5.41, 5.74) is 0.676. The Balaban J connectivity index is 1.58. The molecule has 0 aromatic carbocycles. The molecular weight excluding hydrogens is 258 g/mol. The summed E-state index contributed by atoms with van der Waals surface area (Å²) in [7, 11) is 0. The summed E-state index contributed by atoms with van der Waals surface area (Å²) in [6.07, 6.45) is 13.0. The molecule has 4 rings (SSSR count). The summed E-state index contributed by atoms with van der Waals surface area (Å²) < 4.78 is 5.89. The second-order valence-corrected chi connectivity index (χ2v) is 8.35. The molecule has 4 aliphatic rings. The van der Waals surface area contributed by atoms with Gasteiger partial charge in [0.05, 0.1) is 6.61 Å². The average Bonchev–Trinajstić information content (AvgIpc) is 2.43. The number of rotatable bonds is 9. The standard InChI is InChI=1S/C19H35NO/c1-3-5-20-18(14-21-6-4-2)13-19-10-15-7-16(11-19)9-17(8-15)12-19/h15-18,20H,3-14H2,1-2H3. The predicted molar refractivity (Wildman–Crippen MR) is 88.4 cm³/mol. The summed E-state index contributed by atoms with van der Waals surface area (Å²) in [4.78, 5) is 0. The van der Waals surface area contributed by atoms with Crippen LogP contribution in [0.5, 0.6) is 0 Å². The van der Waals surface area contributed by atoms with E-state index >= 15 is 0 Å². The van der Waals surface area contributed by atoms with E-state index in [1.807, 2.05) is 0 Å². The van der Waals surface area contributed by atoms with E-state index < -0.39 is 0 Å². The van der Waals surface area contributed by atoms with Gasteiger partial charge in [0.25, 0.3) is 0 Å². The van der Waals surface area contributed by atoms with E-state index in [1.165, 1.54) is 32.1 Å². The largest absolute Gasteiger partial charge is 0.380 e. The molecule has 0 spiro atoms. The highest BCUT2D eigenvalue weighted by Crippen LogP contribution is 2.61. The minimum absolute atomic E-state index is 0.591. The van der Waals surface area contributed by atoms with Gasteiger partial charge in [0.15, 0.2) is 0 Å². The molecule has 2 nitrogen and oxygen atoms in total. The SMILES string of the molecule is CCCNC(COCCC)CC12CC3CC(CC(C3)C1)C2. The third-order valence-electron chi connectivity index (χ3n) is 6.19. The van der Waals surface area contributed by atoms with Crippen LogP contribution < -0.4 is 5.32 Å². The van der Waals surface area contributed by atoms with Crippen molar-refractivity contribution < 1.29 is 4.74 Å². The monoisotopic (exact) mass is 293 g/mol. The van der Waals surface area contributed by atoms with E-state index in [-0.39, 0.29) is 0 Å². The van der Waals surface area contributed by atoms with Crippen molar-refractivity contribution in [3.05, 3.63) is 0 Å². The molecule has 0 amide bonds. The lowest BCUT2D eigenvalue weighted by Crippen LogP contribution is -2.49. The first kappa shape index (κ1) is 15.8. The molecule has 1 N–H and O–H groups in total. The molecule has 1 atom stereocenters. The first-order chi connectivity index (χ1) is 10.2. The van der Waals surface area contributed by atoms with Crippen LogP contribution in [0.1, 0.15) is 71.6 Å². The van der Waals surface area contributed by atoms with Crippen LogP contribution in [0.25, 0.3) is 0 Å². The lowest BCUT2D eigenvalue weighted by molar-refractivity contribution is -0.0663. The molecule has 2 heteroatoms. The van der Waals surface area contributed by atoms with Crippen molar-refractivity contribution in [2.24, 2.45) is 23.2 Å². The third-order valence-corrected chi connectivity index (χ3v) is 6.19. The van der Waals surface area contributed by atoms with Crippen LogP contribution in [0, 0.1) is 23.2 Å². The molecule has 122 valence electrons. The number of hydrogen-bond donors (Lipinski definition) is 1. The van der Waals surface area contributed by atoms with Crippen LogP contribution in [0.3, 0.4) is 0 Å². The van der Waals surface area contributed by atoms with E-state index in [0.717, 1.165) is 43.9 Å². The smallest absolute Gasteiger partial charge is 0.0619 e. The van der Waals surface area contributed by atoms with Crippen molar-refractivity contribution in [3.8, 4) is 0 Å². The second-order valence-electron chi connectivity index (χ2n) is 8.35. The normalized spacial score (nSPS) is 38.9. The predicted octanol–water partition coefficient (Wildman–Crippen LogP) is 4.39. The van der Waals surface area contributed by atoms with Gasteiger partial charge >= 0.3 is 0 Å². The van der Waals surface area contributed by atoms with Gasteiger partial charge in [0, 0.05) is 12.6 Å². The van der Waals surface area contributed by atoms with Gasteiger partial charge in [-0.05, 0) is 87.5 Å². The number of ether oxygens (including phenoxy) is 1. The van der Waals surface area contributed by atoms with Crippen LogP contribution in [0.15, 0.2) is 0 Å². The topological polar surface area (TPSA) is 21.3 Å². The van der Waals surface area contributed by atoms with Gasteiger partial charge in [0.2, 0.25) is 0 Å². The Morgan fingerprint density at radius 1 is 1.00 bits per heavy atom. The molecule has 0 saturated heterocycles. The summed E-state index contributed by atoms with van der Waals surface area (Å²) in [6.45, 7) is 7.46. The van der Waals surface area contributed by atoms with Crippen molar-refractivity contribution in [2.45, 2.75) is 77.7 Å². The van der Waals surface area contributed by atoms with Gasteiger partial charge in [-0.15, -0.1) is 0 Å². The first-order valence-corrected chi connectivity index (χ1v) is 9.54. The van der Waals surface area contributed by atoms with E-state index in [0.29, 0.717) is 11.5 Å². The van der Waals surface area contributed by atoms with Gasteiger partial charge in [-0.25, -0.2) is 0 Å². The Morgan fingerprint density at radius 3 is 2.14 bits per heavy atom. The van der Waals surface area contributed by atoms with Crippen molar-refractivity contribution in [3.63, 3.8) is 0 Å². The molecule has 4 aliphatic carbocycles. The summed E-state index contributed by atoms with van der Waals surface area (Å²) >= 11 is 0. The third kappa shape index (κ3) is 3.82. The lowest BCUT2D eigenvalue weighted by atomic mass is 9.48. The Hall–Kier alpha value is -0.0800. The van der Waals surface area contributed by atoms with Crippen LogP contribution >= 0.6 is 0 Å². The average molecular weight is 293 g/mol. The first-order valence-electron chi connectivity index (χ1n) is 9.54. The maximum atomic E-state index is 5.89. The molecule has 0 radical (unpaired) electrons. The highest BCUT2D eigenvalue weighted by Gasteiger charge is 2.51. The van der Waals surface area contributed by atoms with E-state index in [2.05, 4.69) is 19.2 Å². The van der Waals surface area contributed by atoms with Crippen LogP contribution in [-0.4, -0.2) is 25.8 Å². The maximum Gasteiger partial charge on any atom is 0.0619 e. The summed E-state index contributed by atoms with van der Waals surface area (Å²) in [5, 5.41) is 3.78. The van der Waals surface area contributed by atoms with Crippen LogP contribution in [0.4, 0.5) is 0 Å². The zero-order valence-electron chi connectivity index (χ0n) is 14.2. The quantitative estimate of drug-likeness (QED) is 0.637. The van der Waals surface area contributed by atoms with Gasteiger partial charge < -0.3 is 10.1 Å². The van der Waals surface area contributed by atoms with E-state index in [9.17, 15) is 0 Å². The van der Waals surface area contributed by atoms with Crippen molar-refractivity contribution in [1.82, 2.24) is 5.32 Å². The van der Waals surface area contributed by atoms with E-state index in [1.54, 1.807) is 19.3 Å². The van der Waals surface area contributed by atoms with Gasteiger partial charge in [-0.2, -0.15) is 0 Å². The molecule has 1 unspecified atom stereocenters. The lowest BCUT2D eigenvalue weighted by Gasteiger charge is -2.57. The van der Waals surface area contributed by atoms with E-state index in [4.69, 9.17) is 4.74 Å². The minimum Gasteiger partial charge on any atom is -0.380 e. The zero-order chi connectivity index (χ0) is 14.7. The highest BCUT2D eigenvalue weighted by molar-refractivity contribution is 5.02. The Labute approximate surface area is 131 Å². The van der Waals surface area contributed by atoms with Gasteiger partial charge in [-0.3, -0.25) is 0 Å². The fourth-order valence-electron chi connectivity index (χ4n) is 5.97. The molecule has 0 aliphatic heterocycles. The van der Waals surface area contributed by atoms with Crippen molar-refractivity contribution in [1.29, 1.82) is 0 Å².